The Morgan fingerprint density at radius 2 is 1.19 bits per heavy atom. The van der Waals surface area contributed by atoms with E-state index in [1.54, 1.807) is 65.8 Å². The van der Waals surface area contributed by atoms with Crippen LogP contribution in [0.2, 0.25) is 0 Å². The van der Waals surface area contributed by atoms with Gasteiger partial charge in [0, 0.05) is 24.0 Å². The van der Waals surface area contributed by atoms with Crippen LogP contribution in [0.5, 0.6) is 11.5 Å². The van der Waals surface area contributed by atoms with Gasteiger partial charge in [-0.1, -0.05) is 84.9 Å². The minimum absolute atomic E-state index is 0.0491. The maximum atomic E-state index is 12.9. The van der Waals surface area contributed by atoms with Crippen LogP contribution in [0.15, 0.2) is 144 Å². The quantitative estimate of drug-likeness (QED) is 0.0765. The van der Waals surface area contributed by atoms with Crippen molar-refractivity contribution < 1.29 is 60.1 Å². The Bertz CT molecular complexity index is 2610. The number of alkyl carbamates (subject to hydrolysis) is 2. The predicted molar refractivity (Wildman–Crippen MR) is 250 cm³/mol. The van der Waals surface area contributed by atoms with E-state index in [1.165, 1.54) is 36.4 Å². The van der Waals surface area contributed by atoms with Crippen molar-refractivity contribution in [3.8, 4) is 11.5 Å². The van der Waals surface area contributed by atoms with E-state index in [2.05, 4.69) is 28.5 Å². The molecule has 0 saturated heterocycles. The number of hydrogen-bond acceptors (Lipinski definition) is 12. The van der Waals surface area contributed by atoms with E-state index >= 15 is 0 Å². The fourth-order valence-electron chi connectivity index (χ4n) is 6.32. The monoisotopic (exact) mass is 962 g/mol. The molecule has 0 bridgehead atoms. The largest absolute Gasteiger partial charge is 0.489 e. The average Bonchev–Trinajstić information content (AvgIpc) is 4.15. The van der Waals surface area contributed by atoms with Gasteiger partial charge in [-0.3, -0.25) is 9.59 Å². The lowest BCUT2D eigenvalue weighted by molar-refractivity contribution is -0.138. The Hall–Kier alpha value is -6.70. The van der Waals surface area contributed by atoms with Gasteiger partial charge >= 0.3 is 18.2 Å². The molecule has 5 atom stereocenters. The summed E-state index contributed by atoms with van der Waals surface area (Å²) in [5.74, 6) is -2.16. The second kappa shape index (κ2) is 22.2. The Balaban J connectivity index is 0.000000242. The molecule has 2 saturated carbocycles. The first-order valence-corrected chi connectivity index (χ1v) is 23.9. The summed E-state index contributed by atoms with van der Waals surface area (Å²) in [5.41, 5.74) is -0.844. The Kier molecular flexibility index (Phi) is 17.5. The lowest BCUT2D eigenvalue weighted by Crippen LogP contribution is -2.52. The number of sulfonamides is 2. The van der Waals surface area contributed by atoms with Gasteiger partial charge < -0.3 is 34.7 Å². The highest BCUT2D eigenvalue weighted by molar-refractivity contribution is 7.90. The minimum atomic E-state index is -4.22. The third kappa shape index (κ3) is 16.6. The van der Waals surface area contributed by atoms with Gasteiger partial charge in [0.1, 0.15) is 41.5 Å². The highest BCUT2D eigenvalue weighted by atomic mass is 32.2. The van der Waals surface area contributed by atoms with Crippen molar-refractivity contribution in [1.82, 2.24) is 15.4 Å². The third-order valence-electron chi connectivity index (χ3n) is 9.72. The molecule has 0 heterocycles. The number of carbonyl (C=O) groups is 4. The molecule has 0 aromatic heterocycles. The standard InChI is InChI=1S/C24H28N2O6S.C13H13NO3S.C11H17NO4/c1-5-18-15-24(18,25-22(28)32-23(2,3)4)21(27)26-33(29,30)20-13-9-12-19(14-20)31-16-17-10-7-6-8-11-17;14-18(15,16)13-8-4-7-12(9-13)17-10-11-5-2-1-3-6-11;1-5-6-7(9(13)14)8(6)12-10(15)16-11(2,3)4/h5-14,18H,1,15-16H2,2-4H3,(H,25,28)(H,26,27);1-9H,10H2,(H2,14,15,16);5-8H,1H2,2-4H3,(H,12,15)(H,13,14)/t18-,24-;;6-,7+,8+/m1.1/s1. The average molecular weight is 963 g/mol. The van der Waals surface area contributed by atoms with Crippen LogP contribution in [0.25, 0.3) is 0 Å². The molecule has 2 aliphatic rings. The van der Waals surface area contributed by atoms with Crippen LogP contribution in [-0.2, 0) is 52.3 Å². The minimum Gasteiger partial charge on any atom is -0.489 e. The van der Waals surface area contributed by atoms with Gasteiger partial charge in [-0.15, -0.1) is 13.2 Å². The molecule has 19 heteroatoms. The summed E-state index contributed by atoms with van der Waals surface area (Å²) < 4.78 is 71.7. The van der Waals surface area contributed by atoms with E-state index in [9.17, 15) is 36.0 Å². The maximum Gasteiger partial charge on any atom is 0.408 e. The summed E-state index contributed by atoms with van der Waals surface area (Å²) in [6.45, 7) is 18.2. The van der Waals surface area contributed by atoms with E-state index in [0.29, 0.717) is 18.1 Å². The molecule has 0 spiro atoms. The van der Waals surface area contributed by atoms with Crippen molar-refractivity contribution in [3.63, 3.8) is 0 Å². The smallest absolute Gasteiger partial charge is 0.408 e. The molecule has 17 nitrogen and oxygen atoms in total. The van der Waals surface area contributed by atoms with E-state index in [4.69, 9.17) is 29.2 Å². The van der Waals surface area contributed by atoms with Crippen LogP contribution in [0, 0.1) is 17.8 Å². The summed E-state index contributed by atoms with van der Waals surface area (Å²) in [7, 11) is -7.90. The van der Waals surface area contributed by atoms with Crippen LogP contribution >= 0.6 is 0 Å². The van der Waals surface area contributed by atoms with Gasteiger partial charge in [0.15, 0.2) is 0 Å². The SMILES string of the molecule is C=C[C@@H]1C[C@]1(NC(=O)OC(C)(C)C)C(=O)NS(=O)(=O)c1cccc(OCc2ccccc2)c1.C=C[C@H]1[C@H](NC(=O)OC(C)(C)C)[C@H]1C(=O)O.NS(=O)(=O)c1cccc(OCc2ccccc2)c1. The van der Waals surface area contributed by atoms with Gasteiger partial charge in [0.05, 0.1) is 21.8 Å². The zero-order chi connectivity index (χ0) is 49.8. The van der Waals surface area contributed by atoms with E-state index in [1.807, 2.05) is 60.7 Å². The van der Waals surface area contributed by atoms with Gasteiger partial charge in [-0.2, -0.15) is 0 Å². The maximum absolute atomic E-state index is 12.9. The summed E-state index contributed by atoms with van der Waals surface area (Å²) in [6, 6.07) is 30.6. The van der Waals surface area contributed by atoms with Crippen molar-refractivity contribution in [2.24, 2.45) is 22.9 Å². The molecule has 0 aliphatic heterocycles. The molecule has 6 rings (SSSR count). The first-order valence-electron chi connectivity index (χ1n) is 20.9. The van der Waals surface area contributed by atoms with Crippen molar-refractivity contribution in [2.45, 2.75) is 93.8 Å². The molecule has 3 amide bonds. The molecule has 2 aliphatic carbocycles. The number of aliphatic carboxylic acids is 1. The van der Waals surface area contributed by atoms with Crippen molar-refractivity contribution >= 4 is 44.1 Å². The number of hydrogen-bond donors (Lipinski definition) is 5. The molecular formula is C48H58N4O13S2. The lowest BCUT2D eigenvalue weighted by atomic mass is 10.2. The van der Waals surface area contributed by atoms with Gasteiger partial charge in [0.25, 0.3) is 15.9 Å². The zero-order valence-corrected chi connectivity index (χ0v) is 39.8. The third-order valence-corrected chi connectivity index (χ3v) is 12.0. The number of carbonyl (C=O) groups excluding carboxylic acids is 3. The van der Waals surface area contributed by atoms with E-state index in [0.717, 1.165) is 11.1 Å². The van der Waals surface area contributed by atoms with Gasteiger partial charge in [-0.05, 0) is 83.4 Å². The highest BCUT2D eigenvalue weighted by Crippen LogP contribution is 2.45. The van der Waals surface area contributed by atoms with E-state index in [-0.39, 0.29) is 28.7 Å². The molecular weight excluding hydrogens is 905 g/mol. The van der Waals surface area contributed by atoms with Gasteiger partial charge in [0.2, 0.25) is 10.0 Å². The molecule has 4 aromatic carbocycles. The van der Waals surface area contributed by atoms with Crippen LogP contribution < -0.4 is 30.0 Å². The van der Waals surface area contributed by atoms with Crippen LogP contribution in [0.4, 0.5) is 9.59 Å². The topological polar surface area (TPSA) is 256 Å². The predicted octanol–water partition coefficient (Wildman–Crippen LogP) is 6.85. The number of rotatable bonds is 15. The lowest BCUT2D eigenvalue weighted by Gasteiger charge is -2.23. The first-order chi connectivity index (χ1) is 31.3. The molecule has 6 N–H and O–H groups in total. The van der Waals surface area contributed by atoms with Crippen molar-refractivity contribution in [1.29, 1.82) is 0 Å². The molecule has 0 radical (unpaired) electrons. The number of nitrogens with two attached hydrogens (primary N) is 1. The number of carboxylic acids is 1. The number of primary sulfonamides is 1. The summed E-state index contributed by atoms with van der Waals surface area (Å²) in [5, 5.41) is 18.9. The zero-order valence-electron chi connectivity index (χ0n) is 38.1. The Morgan fingerprint density at radius 3 is 1.61 bits per heavy atom. The van der Waals surface area contributed by atoms with Crippen LogP contribution in [0.3, 0.4) is 0 Å². The van der Waals surface area contributed by atoms with Crippen molar-refractivity contribution in [3.05, 3.63) is 146 Å². The Morgan fingerprint density at radius 1 is 0.716 bits per heavy atom. The molecule has 67 heavy (non-hydrogen) atoms. The number of amides is 3. The normalized spacial score (nSPS) is 19.4. The summed E-state index contributed by atoms with van der Waals surface area (Å²) in [6.07, 6.45) is 1.86. The summed E-state index contributed by atoms with van der Waals surface area (Å²) in [4.78, 5) is 47.2. The molecule has 2 fully saturated rings. The number of ether oxygens (including phenoxy) is 4. The van der Waals surface area contributed by atoms with Crippen LogP contribution in [0.1, 0.15) is 59.1 Å². The second-order valence-corrected chi connectivity index (χ2v) is 20.7. The molecule has 360 valence electrons. The summed E-state index contributed by atoms with van der Waals surface area (Å²) >= 11 is 0. The van der Waals surface area contributed by atoms with Crippen molar-refractivity contribution in [2.75, 3.05) is 0 Å². The highest BCUT2D eigenvalue weighted by Gasteiger charge is 2.61. The van der Waals surface area contributed by atoms with Crippen LogP contribution in [-0.4, -0.2) is 68.8 Å². The number of nitrogens with one attached hydrogen (secondary N) is 3. The number of carboxylic acid groups (broad SMARTS) is 1. The number of benzene rings is 4. The fraction of sp³-hybridized carbons (Fsp3) is 0.333. The molecule has 0 unspecified atom stereocenters. The molecule has 4 aromatic rings. The first kappa shape index (κ1) is 52.9. The Labute approximate surface area is 391 Å². The second-order valence-electron chi connectivity index (χ2n) is 17.5. The van der Waals surface area contributed by atoms with Gasteiger partial charge in [-0.25, -0.2) is 36.3 Å². The fourth-order valence-corrected chi connectivity index (χ4v) is 7.94. The van der Waals surface area contributed by atoms with E-state index < -0.39 is 78.7 Å².